The largest absolute Gasteiger partial charge is 0.493 e. The lowest BCUT2D eigenvalue weighted by atomic mass is 10.3. The molecule has 1 aliphatic rings. The summed E-state index contributed by atoms with van der Waals surface area (Å²) in [6, 6.07) is 3.99. The molecule has 100 valence electrons. The molecule has 2 aromatic heterocycles. The minimum atomic E-state index is 0.104. The molecule has 1 N–H and O–H groups in total. The van der Waals surface area contributed by atoms with Crippen molar-refractivity contribution in [3.63, 3.8) is 0 Å². The predicted octanol–water partition coefficient (Wildman–Crippen LogP) is 1.27. The average molecular weight is 277 g/mol. The second kappa shape index (κ2) is 5.00. The van der Waals surface area contributed by atoms with Crippen molar-refractivity contribution in [1.82, 2.24) is 15.2 Å². The Kier molecular flexibility index (Phi) is 3.20. The van der Waals surface area contributed by atoms with Gasteiger partial charge in [-0.15, -0.1) is 16.4 Å². The third-order valence-electron chi connectivity index (χ3n) is 3.14. The molecule has 0 spiro atoms. The molecule has 1 fully saturated rings. The molecular weight excluding hydrogens is 262 g/mol. The van der Waals surface area contributed by atoms with E-state index in [1.54, 1.807) is 5.38 Å². The SMILES string of the molecule is Cc1ccc(N2CCN(c3nc(O)cs3)CC2)nn1. The van der Waals surface area contributed by atoms with Crippen LogP contribution in [0.25, 0.3) is 0 Å². The summed E-state index contributed by atoms with van der Waals surface area (Å²) >= 11 is 1.47. The molecular formula is C12H15N5OS. The van der Waals surface area contributed by atoms with Crippen LogP contribution >= 0.6 is 11.3 Å². The van der Waals surface area contributed by atoms with E-state index in [-0.39, 0.29) is 5.88 Å². The summed E-state index contributed by atoms with van der Waals surface area (Å²) in [4.78, 5) is 8.50. The number of aromatic nitrogens is 3. The van der Waals surface area contributed by atoms with Crippen molar-refractivity contribution >= 4 is 22.3 Å². The van der Waals surface area contributed by atoms with E-state index >= 15 is 0 Å². The number of rotatable bonds is 2. The molecule has 0 aliphatic carbocycles. The Labute approximate surface area is 115 Å². The zero-order valence-corrected chi connectivity index (χ0v) is 11.5. The average Bonchev–Trinajstić information content (AvgIpc) is 2.87. The van der Waals surface area contributed by atoms with E-state index in [0.29, 0.717) is 0 Å². The maximum atomic E-state index is 9.28. The summed E-state index contributed by atoms with van der Waals surface area (Å²) in [5, 5.41) is 20.1. The number of thiazole rings is 1. The van der Waals surface area contributed by atoms with Gasteiger partial charge < -0.3 is 14.9 Å². The number of hydrogen-bond donors (Lipinski definition) is 1. The lowest BCUT2D eigenvalue weighted by Crippen LogP contribution is -2.46. The van der Waals surface area contributed by atoms with Gasteiger partial charge in [-0.1, -0.05) is 0 Å². The fourth-order valence-electron chi connectivity index (χ4n) is 2.09. The van der Waals surface area contributed by atoms with Crippen molar-refractivity contribution < 1.29 is 5.11 Å². The van der Waals surface area contributed by atoms with Crippen LogP contribution in [0.5, 0.6) is 5.88 Å². The van der Waals surface area contributed by atoms with Gasteiger partial charge in [-0.25, -0.2) is 0 Å². The van der Waals surface area contributed by atoms with Gasteiger partial charge in [0.1, 0.15) is 0 Å². The standard InChI is InChI=1S/C12H15N5OS/c1-9-2-3-10(15-14-9)16-4-6-17(7-5-16)12-13-11(18)8-19-12/h2-3,8,18H,4-7H2,1H3. The Morgan fingerprint density at radius 2 is 1.84 bits per heavy atom. The Bertz CT molecular complexity index is 548. The topological polar surface area (TPSA) is 65.4 Å². The monoisotopic (exact) mass is 277 g/mol. The number of piperazine rings is 1. The number of nitrogens with zero attached hydrogens (tertiary/aromatic N) is 5. The molecule has 7 heteroatoms. The lowest BCUT2D eigenvalue weighted by Gasteiger charge is -2.34. The summed E-state index contributed by atoms with van der Waals surface area (Å²) in [7, 11) is 0. The van der Waals surface area contributed by atoms with Crippen LogP contribution in [0.1, 0.15) is 5.69 Å². The summed E-state index contributed by atoms with van der Waals surface area (Å²) in [6.45, 7) is 5.46. The highest BCUT2D eigenvalue weighted by atomic mass is 32.1. The summed E-state index contributed by atoms with van der Waals surface area (Å²) in [6.07, 6.45) is 0. The van der Waals surface area contributed by atoms with Crippen molar-refractivity contribution in [2.24, 2.45) is 0 Å². The number of hydrogen-bond acceptors (Lipinski definition) is 7. The van der Waals surface area contributed by atoms with Crippen LogP contribution < -0.4 is 9.80 Å². The van der Waals surface area contributed by atoms with Crippen LogP contribution in [0, 0.1) is 6.92 Å². The number of aryl methyl sites for hydroxylation is 1. The number of aromatic hydroxyl groups is 1. The number of anilines is 2. The minimum Gasteiger partial charge on any atom is -0.493 e. The quantitative estimate of drug-likeness (QED) is 0.892. The van der Waals surface area contributed by atoms with Crippen molar-refractivity contribution in [2.75, 3.05) is 36.0 Å². The highest BCUT2D eigenvalue weighted by Crippen LogP contribution is 2.25. The second-order valence-corrected chi connectivity index (χ2v) is 5.33. The maximum absolute atomic E-state index is 9.28. The molecule has 19 heavy (non-hydrogen) atoms. The normalized spacial score (nSPS) is 15.8. The Morgan fingerprint density at radius 1 is 1.11 bits per heavy atom. The fraction of sp³-hybridized carbons (Fsp3) is 0.417. The van der Waals surface area contributed by atoms with Gasteiger partial charge in [0.2, 0.25) is 5.88 Å². The van der Waals surface area contributed by atoms with Crippen molar-refractivity contribution in [1.29, 1.82) is 0 Å². The third-order valence-corrected chi connectivity index (χ3v) is 4.03. The summed E-state index contributed by atoms with van der Waals surface area (Å²) < 4.78 is 0. The molecule has 0 bridgehead atoms. The molecule has 0 aromatic carbocycles. The smallest absolute Gasteiger partial charge is 0.223 e. The third kappa shape index (κ3) is 2.60. The zero-order chi connectivity index (χ0) is 13.2. The highest BCUT2D eigenvalue weighted by molar-refractivity contribution is 7.13. The van der Waals surface area contributed by atoms with Crippen LogP contribution in [0.2, 0.25) is 0 Å². The second-order valence-electron chi connectivity index (χ2n) is 4.50. The Balaban J connectivity index is 1.64. The van der Waals surface area contributed by atoms with Crippen molar-refractivity contribution in [3.8, 4) is 5.88 Å². The zero-order valence-electron chi connectivity index (χ0n) is 10.7. The molecule has 3 heterocycles. The molecule has 0 unspecified atom stereocenters. The van der Waals surface area contributed by atoms with Gasteiger partial charge in [0.15, 0.2) is 10.9 Å². The van der Waals surface area contributed by atoms with E-state index in [4.69, 9.17) is 0 Å². The van der Waals surface area contributed by atoms with Gasteiger partial charge in [-0.05, 0) is 19.1 Å². The van der Waals surface area contributed by atoms with Gasteiger partial charge in [0.25, 0.3) is 0 Å². The van der Waals surface area contributed by atoms with Crippen LogP contribution in [0.3, 0.4) is 0 Å². The van der Waals surface area contributed by atoms with Gasteiger partial charge >= 0.3 is 0 Å². The van der Waals surface area contributed by atoms with Gasteiger partial charge in [-0.3, -0.25) is 0 Å². The molecule has 1 saturated heterocycles. The van der Waals surface area contributed by atoms with Crippen molar-refractivity contribution in [2.45, 2.75) is 6.92 Å². The van der Waals surface area contributed by atoms with Crippen LogP contribution in [0.15, 0.2) is 17.5 Å². The highest BCUT2D eigenvalue weighted by Gasteiger charge is 2.20. The predicted molar refractivity (Wildman–Crippen MR) is 75.0 cm³/mol. The van der Waals surface area contributed by atoms with E-state index in [1.165, 1.54) is 11.3 Å². The minimum absolute atomic E-state index is 0.104. The lowest BCUT2D eigenvalue weighted by molar-refractivity contribution is 0.457. The Morgan fingerprint density at radius 3 is 2.42 bits per heavy atom. The van der Waals surface area contributed by atoms with Gasteiger partial charge in [0.05, 0.1) is 11.1 Å². The summed E-state index contributed by atoms with van der Waals surface area (Å²) in [5.74, 6) is 1.03. The van der Waals surface area contributed by atoms with Gasteiger partial charge in [0, 0.05) is 26.2 Å². The first kappa shape index (κ1) is 12.2. The molecule has 0 amide bonds. The van der Waals surface area contributed by atoms with E-state index in [0.717, 1.165) is 42.8 Å². The molecule has 0 saturated carbocycles. The van der Waals surface area contributed by atoms with Gasteiger partial charge in [-0.2, -0.15) is 10.1 Å². The molecule has 1 aliphatic heterocycles. The summed E-state index contributed by atoms with van der Waals surface area (Å²) in [5.41, 5.74) is 0.931. The Hall–Kier alpha value is -1.89. The first-order chi connectivity index (χ1) is 9.22. The molecule has 6 nitrogen and oxygen atoms in total. The van der Waals surface area contributed by atoms with E-state index in [2.05, 4.69) is 25.0 Å². The molecule has 0 radical (unpaired) electrons. The van der Waals surface area contributed by atoms with Crippen molar-refractivity contribution in [3.05, 3.63) is 23.2 Å². The molecule has 0 atom stereocenters. The first-order valence-corrected chi connectivity index (χ1v) is 7.05. The van der Waals surface area contributed by atoms with Crippen LogP contribution in [0.4, 0.5) is 10.9 Å². The van der Waals surface area contributed by atoms with E-state index < -0.39 is 0 Å². The first-order valence-electron chi connectivity index (χ1n) is 6.17. The van der Waals surface area contributed by atoms with Crippen LogP contribution in [-0.2, 0) is 0 Å². The maximum Gasteiger partial charge on any atom is 0.223 e. The van der Waals surface area contributed by atoms with E-state index in [1.807, 2.05) is 19.1 Å². The fourth-order valence-corrected chi connectivity index (χ4v) is 2.83. The molecule has 3 rings (SSSR count). The molecule has 2 aromatic rings. The van der Waals surface area contributed by atoms with Crippen LogP contribution in [-0.4, -0.2) is 46.5 Å². The van der Waals surface area contributed by atoms with E-state index in [9.17, 15) is 5.11 Å².